The number of hydrogen-bond acceptors (Lipinski definition) is 3. The molecule has 0 spiro atoms. The monoisotopic (exact) mass is 256 g/mol. The van der Waals surface area contributed by atoms with Gasteiger partial charge in [0.2, 0.25) is 0 Å². The van der Waals surface area contributed by atoms with Gasteiger partial charge in [-0.25, -0.2) is 0 Å². The zero-order valence-electron chi connectivity index (χ0n) is 9.90. The lowest BCUT2D eigenvalue weighted by Gasteiger charge is -2.27. The van der Waals surface area contributed by atoms with E-state index in [1.165, 1.54) is 0 Å². The highest BCUT2D eigenvalue weighted by molar-refractivity contribution is 6.21. The first-order valence-electron chi connectivity index (χ1n) is 5.87. The second-order valence-corrected chi connectivity index (χ2v) is 4.36. The van der Waals surface area contributed by atoms with Crippen LogP contribution in [0.1, 0.15) is 17.9 Å². The molecule has 1 aromatic rings. The number of hydrogen-bond donors (Lipinski definition) is 0. The van der Waals surface area contributed by atoms with E-state index >= 15 is 0 Å². The van der Waals surface area contributed by atoms with Crippen molar-refractivity contribution in [3.05, 3.63) is 29.8 Å². The molecule has 1 aliphatic heterocycles. The third-order valence-corrected chi connectivity index (χ3v) is 3.21. The van der Waals surface area contributed by atoms with Crippen LogP contribution in [0.4, 0.5) is 0 Å². The van der Waals surface area contributed by atoms with Gasteiger partial charge in [-0.1, -0.05) is 12.1 Å². The quantitative estimate of drug-likeness (QED) is 0.776. The Morgan fingerprint density at radius 1 is 1.35 bits per heavy atom. The van der Waals surface area contributed by atoms with E-state index in [0.717, 1.165) is 11.3 Å². The lowest BCUT2D eigenvalue weighted by molar-refractivity contribution is -0.0892. The highest BCUT2D eigenvalue weighted by Gasteiger charge is 2.24. The van der Waals surface area contributed by atoms with E-state index in [9.17, 15) is 0 Å². The molecule has 0 aliphatic carbocycles. The van der Waals surface area contributed by atoms with Gasteiger partial charge in [-0.2, -0.15) is 0 Å². The van der Waals surface area contributed by atoms with Crippen LogP contribution in [-0.4, -0.2) is 32.5 Å². The van der Waals surface area contributed by atoms with Gasteiger partial charge in [0.25, 0.3) is 0 Å². The van der Waals surface area contributed by atoms with Crippen molar-refractivity contribution in [2.45, 2.75) is 18.4 Å². The summed E-state index contributed by atoms with van der Waals surface area (Å²) in [6.45, 7) is 4.46. The lowest BCUT2D eigenvalue weighted by atomic mass is 10.1. The van der Waals surface area contributed by atoms with Gasteiger partial charge in [0, 0.05) is 0 Å². The van der Waals surface area contributed by atoms with E-state index in [1.807, 2.05) is 31.2 Å². The van der Waals surface area contributed by atoms with Crippen LogP contribution in [0, 0.1) is 0 Å². The molecule has 3 nitrogen and oxygen atoms in total. The Bertz CT molecular complexity index is 333. The summed E-state index contributed by atoms with van der Waals surface area (Å²) in [7, 11) is 0. The van der Waals surface area contributed by atoms with Crippen molar-refractivity contribution in [3.8, 4) is 5.75 Å². The van der Waals surface area contributed by atoms with Gasteiger partial charge in [-0.3, -0.25) is 0 Å². The molecule has 0 aromatic heterocycles. The van der Waals surface area contributed by atoms with E-state index in [4.69, 9.17) is 25.8 Å². The van der Waals surface area contributed by atoms with Crippen molar-refractivity contribution in [2.24, 2.45) is 0 Å². The van der Waals surface area contributed by atoms with Crippen LogP contribution >= 0.6 is 11.6 Å². The van der Waals surface area contributed by atoms with Crippen LogP contribution < -0.4 is 4.74 Å². The minimum absolute atomic E-state index is 0.0663. The second kappa shape index (κ2) is 6.24. The van der Waals surface area contributed by atoms with Crippen molar-refractivity contribution in [2.75, 3.05) is 26.4 Å². The predicted molar refractivity (Wildman–Crippen MR) is 66.8 cm³/mol. The van der Waals surface area contributed by atoms with Crippen molar-refractivity contribution in [3.63, 3.8) is 0 Å². The van der Waals surface area contributed by atoms with Crippen LogP contribution in [0.5, 0.6) is 5.75 Å². The Morgan fingerprint density at radius 2 is 2.12 bits per heavy atom. The van der Waals surface area contributed by atoms with Gasteiger partial charge in [0.1, 0.15) is 11.9 Å². The SMILES string of the molecule is CCOc1ccc(C(Cl)C2COCCO2)cc1. The molecule has 2 atom stereocenters. The summed E-state index contributed by atoms with van der Waals surface area (Å²) >= 11 is 6.37. The third kappa shape index (κ3) is 3.35. The smallest absolute Gasteiger partial charge is 0.119 e. The first kappa shape index (κ1) is 12.7. The molecule has 94 valence electrons. The van der Waals surface area contributed by atoms with E-state index in [1.54, 1.807) is 0 Å². The maximum atomic E-state index is 6.37. The highest BCUT2D eigenvalue weighted by Crippen LogP contribution is 2.29. The van der Waals surface area contributed by atoms with Crippen molar-refractivity contribution >= 4 is 11.6 Å². The van der Waals surface area contributed by atoms with E-state index < -0.39 is 0 Å². The molecule has 0 amide bonds. The van der Waals surface area contributed by atoms with Gasteiger partial charge >= 0.3 is 0 Å². The molecule has 1 heterocycles. The average molecular weight is 257 g/mol. The second-order valence-electron chi connectivity index (χ2n) is 3.89. The Balaban J connectivity index is 2.00. The van der Waals surface area contributed by atoms with Crippen LogP contribution in [0.25, 0.3) is 0 Å². The maximum absolute atomic E-state index is 6.37. The molecule has 1 fully saturated rings. The molecule has 1 aromatic carbocycles. The zero-order chi connectivity index (χ0) is 12.1. The zero-order valence-corrected chi connectivity index (χ0v) is 10.7. The molecule has 1 saturated heterocycles. The summed E-state index contributed by atoms with van der Waals surface area (Å²) in [4.78, 5) is 0. The van der Waals surface area contributed by atoms with Crippen LogP contribution in [-0.2, 0) is 9.47 Å². The van der Waals surface area contributed by atoms with Crippen LogP contribution in [0.3, 0.4) is 0 Å². The molecular formula is C13H17ClO3. The number of halogens is 1. The standard InChI is InChI=1S/C13H17ClO3/c1-2-16-11-5-3-10(4-6-11)13(14)12-9-15-7-8-17-12/h3-6,12-13H,2,7-9H2,1H3. The molecular weight excluding hydrogens is 240 g/mol. The van der Waals surface area contributed by atoms with Crippen molar-refractivity contribution in [1.82, 2.24) is 0 Å². The highest BCUT2D eigenvalue weighted by atomic mass is 35.5. The molecule has 2 unspecified atom stereocenters. The summed E-state index contributed by atoms with van der Waals surface area (Å²) in [6.07, 6.45) is -0.0663. The summed E-state index contributed by atoms with van der Waals surface area (Å²) in [6, 6.07) is 7.80. The summed E-state index contributed by atoms with van der Waals surface area (Å²) in [5.74, 6) is 0.862. The maximum Gasteiger partial charge on any atom is 0.119 e. The van der Waals surface area contributed by atoms with Crippen molar-refractivity contribution < 1.29 is 14.2 Å². The van der Waals surface area contributed by atoms with Gasteiger partial charge in [-0.15, -0.1) is 11.6 Å². The van der Waals surface area contributed by atoms with E-state index in [0.29, 0.717) is 26.4 Å². The Kier molecular flexibility index (Phi) is 4.66. The molecule has 0 bridgehead atoms. The molecule has 0 radical (unpaired) electrons. The van der Waals surface area contributed by atoms with Crippen molar-refractivity contribution in [1.29, 1.82) is 0 Å². The third-order valence-electron chi connectivity index (χ3n) is 2.68. The van der Waals surface area contributed by atoms with Gasteiger partial charge in [-0.05, 0) is 24.6 Å². The van der Waals surface area contributed by atoms with Gasteiger partial charge in [0.15, 0.2) is 0 Å². The molecule has 2 rings (SSSR count). The largest absolute Gasteiger partial charge is 0.494 e. The molecule has 0 N–H and O–H groups in total. The van der Waals surface area contributed by atoms with E-state index in [-0.39, 0.29) is 11.5 Å². The predicted octanol–water partition coefficient (Wildman–Crippen LogP) is 2.78. The van der Waals surface area contributed by atoms with E-state index in [2.05, 4.69) is 0 Å². The number of ether oxygens (including phenoxy) is 3. The molecule has 0 saturated carbocycles. The van der Waals surface area contributed by atoms with Crippen LogP contribution in [0.2, 0.25) is 0 Å². The van der Waals surface area contributed by atoms with Crippen LogP contribution in [0.15, 0.2) is 24.3 Å². The first-order valence-corrected chi connectivity index (χ1v) is 6.31. The normalized spacial score (nSPS) is 22.1. The molecule has 17 heavy (non-hydrogen) atoms. The summed E-state index contributed by atoms with van der Waals surface area (Å²) in [5, 5.41) is -0.175. The minimum Gasteiger partial charge on any atom is -0.494 e. The summed E-state index contributed by atoms with van der Waals surface area (Å²) < 4.78 is 16.3. The Hall–Kier alpha value is -0.770. The molecule has 1 aliphatic rings. The summed E-state index contributed by atoms with van der Waals surface area (Å²) in [5.41, 5.74) is 1.03. The fourth-order valence-corrected chi connectivity index (χ4v) is 2.10. The fraction of sp³-hybridized carbons (Fsp3) is 0.538. The fourth-order valence-electron chi connectivity index (χ4n) is 1.80. The lowest BCUT2D eigenvalue weighted by Crippen LogP contribution is -2.31. The number of benzene rings is 1. The minimum atomic E-state index is -0.175. The van der Waals surface area contributed by atoms with Gasteiger partial charge in [0.05, 0.1) is 31.8 Å². The number of rotatable bonds is 4. The average Bonchev–Trinajstić information content (AvgIpc) is 2.40. The number of alkyl halides is 1. The molecule has 4 heteroatoms. The topological polar surface area (TPSA) is 27.7 Å². The Labute approximate surface area is 107 Å². The Morgan fingerprint density at radius 3 is 2.71 bits per heavy atom. The van der Waals surface area contributed by atoms with Gasteiger partial charge < -0.3 is 14.2 Å². The first-order chi connectivity index (χ1) is 8.31.